The predicted octanol–water partition coefficient (Wildman–Crippen LogP) is 3.70. The molecular formula is C27H25N3O4. The van der Waals surface area contributed by atoms with Crippen LogP contribution in [0.2, 0.25) is 0 Å². The molecule has 6 rings (SSSR count). The van der Waals surface area contributed by atoms with Gasteiger partial charge < -0.3 is 4.74 Å². The van der Waals surface area contributed by atoms with Crippen LogP contribution in [-0.2, 0) is 14.4 Å². The van der Waals surface area contributed by atoms with Crippen molar-refractivity contribution in [1.82, 2.24) is 5.01 Å². The van der Waals surface area contributed by atoms with E-state index in [2.05, 4.69) is 17.3 Å². The molecule has 7 heteroatoms. The zero-order valence-electron chi connectivity index (χ0n) is 19.0. The van der Waals surface area contributed by atoms with Crippen LogP contribution in [0.1, 0.15) is 36.9 Å². The Labute approximate surface area is 197 Å². The normalized spacial score (nSPS) is 29.1. The molecule has 2 fully saturated rings. The molecule has 172 valence electrons. The Morgan fingerprint density at radius 3 is 2.29 bits per heavy atom. The second-order valence-electron chi connectivity index (χ2n) is 9.47. The second kappa shape index (κ2) is 7.65. The Kier molecular flexibility index (Phi) is 4.69. The third kappa shape index (κ3) is 3.03. The fraction of sp³-hybridized carbons (Fsp3) is 0.333. The molecule has 3 amide bonds. The van der Waals surface area contributed by atoms with Crippen molar-refractivity contribution in [2.75, 3.05) is 12.0 Å². The topological polar surface area (TPSA) is 79.3 Å². The summed E-state index contributed by atoms with van der Waals surface area (Å²) in [6, 6.07) is 14.8. The molecule has 4 aliphatic rings. The number of rotatable bonds is 4. The van der Waals surface area contributed by atoms with Crippen LogP contribution in [0.4, 0.5) is 5.69 Å². The number of hydrogen-bond acceptors (Lipinski definition) is 5. The number of fused-ring (bicyclic) bond motifs is 5. The molecule has 2 bridgehead atoms. The standard InChI is InChI=1S/C27H25N3O4/c1-15(31)30-23(17-4-3-5-21(13-17)34-2)14-22(28-30)16-8-10-20(11-9-16)29-26(32)24-18-6-7-19(12-18)25(24)27(29)33/h3-11,13,18-19,23-25H,12,14H2,1-2H3/t18-,19+,23?,24-,25+. The van der Waals surface area contributed by atoms with Gasteiger partial charge in [-0.1, -0.05) is 36.4 Å². The molecule has 2 heterocycles. The van der Waals surface area contributed by atoms with Crippen LogP contribution in [0.3, 0.4) is 0 Å². The first-order chi connectivity index (χ1) is 16.5. The molecule has 34 heavy (non-hydrogen) atoms. The molecule has 0 radical (unpaired) electrons. The lowest BCUT2D eigenvalue weighted by Gasteiger charge is -2.20. The van der Waals surface area contributed by atoms with Gasteiger partial charge in [0.1, 0.15) is 5.75 Å². The molecule has 7 nitrogen and oxygen atoms in total. The Morgan fingerprint density at radius 1 is 1.00 bits per heavy atom. The number of methoxy groups -OCH3 is 1. The van der Waals surface area contributed by atoms with Gasteiger partial charge in [-0.15, -0.1) is 0 Å². The predicted molar refractivity (Wildman–Crippen MR) is 126 cm³/mol. The minimum absolute atomic E-state index is 0.0846. The molecule has 1 saturated carbocycles. The Bertz CT molecular complexity index is 1230. The zero-order valence-corrected chi connectivity index (χ0v) is 19.0. The van der Waals surface area contributed by atoms with Crippen LogP contribution in [0.25, 0.3) is 0 Å². The van der Waals surface area contributed by atoms with Gasteiger partial charge in [-0.25, -0.2) is 5.01 Å². The fourth-order valence-corrected chi connectivity index (χ4v) is 6.04. The van der Waals surface area contributed by atoms with Gasteiger partial charge in [0.05, 0.1) is 36.4 Å². The van der Waals surface area contributed by atoms with E-state index in [1.54, 1.807) is 19.2 Å². The Balaban J connectivity index is 1.25. The summed E-state index contributed by atoms with van der Waals surface area (Å²) in [5.74, 6) is 0.375. The second-order valence-corrected chi connectivity index (χ2v) is 9.47. The zero-order chi connectivity index (χ0) is 23.6. The third-order valence-corrected chi connectivity index (χ3v) is 7.64. The Morgan fingerprint density at radius 2 is 1.68 bits per heavy atom. The molecule has 2 aromatic carbocycles. The van der Waals surface area contributed by atoms with Gasteiger partial charge in [0.2, 0.25) is 17.7 Å². The number of allylic oxidation sites excluding steroid dienone is 2. The van der Waals surface area contributed by atoms with Crippen LogP contribution < -0.4 is 9.64 Å². The summed E-state index contributed by atoms with van der Waals surface area (Å²) in [5, 5.41) is 6.12. The van der Waals surface area contributed by atoms with Crippen molar-refractivity contribution in [3.05, 3.63) is 71.8 Å². The number of hydrogen-bond donors (Lipinski definition) is 0. The first kappa shape index (κ1) is 20.8. The van der Waals surface area contributed by atoms with Crippen molar-refractivity contribution < 1.29 is 19.1 Å². The van der Waals surface area contributed by atoms with Crippen LogP contribution in [0.5, 0.6) is 5.75 Å². The number of amides is 3. The molecule has 2 aliphatic carbocycles. The molecule has 0 N–H and O–H groups in total. The van der Waals surface area contributed by atoms with Gasteiger partial charge in [-0.3, -0.25) is 19.3 Å². The maximum Gasteiger partial charge on any atom is 0.240 e. The first-order valence-corrected chi connectivity index (χ1v) is 11.6. The summed E-state index contributed by atoms with van der Waals surface area (Å²) >= 11 is 0. The van der Waals surface area contributed by atoms with Crippen LogP contribution in [0.15, 0.2) is 65.8 Å². The highest BCUT2D eigenvalue weighted by Gasteiger charge is 2.59. The van der Waals surface area contributed by atoms with Gasteiger partial charge in [-0.2, -0.15) is 5.10 Å². The number of carbonyl (C=O) groups is 3. The van der Waals surface area contributed by atoms with Crippen molar-refractivity contribution >= 4 is 29.1 Å². The maximum atomic E-state index is 13.1. The van der Waals surface area contributed by atoms with E-state index in [0.717, 1.165) is 29.0 Å². The molecule has 0 spiro atoms. The van der Waals surface area contributed by atoms with E-state index in [4.69, 9.17) is 4.74 Å². The number of hydrazone groups is 1. The third-order valence-electron chi connectivity index (χ3n) is 7.64. The average Bonchev–Trinajstić information content (AvgIpc) is 3.62. The lowest BCUT2D eigenvalue weighted by atomic mass is 9.85. The maximum absolute atomic E-state index is 13.1. The highest BCUT2D eigenvalue weighted by Crippen LogP contribution is 2.53. The van der Waals surface area contributed by atoms with Crippen LogP contribution in [-0.4, -0.2) is 35.6 Å². The van der Waals surface area contributed by atoms with E-state index in [1.165, 1.54) is 16.8 Å². The van der Waals surface area contributed by atoms with Crippen molar-refractivity contribution in [2.45, 2.75) is 25.8 Å². The molecule has 5 atom stereocenters. The lowest BCUT2D eigenvalue weighted by Crippen LogP contribution is -2.32. The summed E-state index contributed by atoms with van der Waals surface area (Å²) in [5.41, 5.74) is 3.20. The number of carbonyl (C=O) groups excluding carboxylic acids is 3. The van der Waals surface area contributed by atoms with E-state index in [0.29, 0.717) is 12.1 Å². The summed E-state index contributed by atoms with van der Waals surface area (Å²) < 4.78 is 5.34. The molecule has 1 unspecified atom stereocenters. The summed E-state index contributed by atoms with van der Waals surface area (Å²) in [6.45, 7) is 1.51. The Hall–Kier alpha value is -3.74. The average molecular weight is 456 g/mol. The van der Waals surface area contributed by atoms with Crippen molar-refractivity contribution in [1.29, 1.82) is 0 Å². The smallest absolute Gasteiger partial charge is 0.240 e. The van der Waals surface area contributed by atoms with Crippen molar-refractivity contribution in [2.24, 2.45) is 28.8 Å². The minimum Gasteiger partial charge on any atom is -0.497 e. The van der Waals surface area contributed by atoms with Crippen molar-refractivity contribution in [3.63, 3.8) is 0 Å². The van der Waals surface area contributed by atoms with Gasteiger partial charge in [0.25, 0.3) is 0 Å². The van der Waals surface area contributed by atoms with Gasteiger partial charge in [-0.05, 0) is 53.6 Å². The monoisotopic (exact) mass is 455 g/mol. The van der Waals surface area contributed by atoms with E-state index in [1.807, 2.05) is 36.4 Å². The minimum atomic E-state index is -0.216. The van der Waals surface area contributed by atoms with Gasteiger partial charge >= 0.3 is 0 Å². The number of anilines is 1. The summed E-state index contributed by atoms with van der Waals surface area (Å²) in [7, 11) is 1.62. The van der Waals surface area contributed by atoms with E-state index >= 15 is 0 Å². The van der Waals surface area contributed by atoms with Gasteiger partial charge in [0, 0.05) is 13.3 Å². The highest BCUT2D eigenvalue weighted by molar-refractivity contribution is 6.23. The van der Waals surface area contributed by atoms with Crippen LogP contribution >= 0.6 is 0 Å². The number of benzene rings is 2. The first-order valence-electron chi connectivity index (χ1n) is 11.6. The highest BCUT2D eigenvalue weighted by atomic mass is 16.5. The molecule has 2 aromatic rings. The summed E-state index contributed by atoms with van der Waals surface area (Å²) in [6.07, 6.45) is 5.68. The van der Waals surface area contributed by atoms with E-state index in [9.17, 15) is 14.4 Å². The molecule has 1 saturated heterocycles. The molecule has 0 aromatic heterocycles. The summed E-state index contributed by atoms with van der Waals surface area (Å²) in [4.78, 5) is 39.9. The number of imide groups is 1. The van der Waals surface area contributed by atoms with Crippen molar-refractivity contribution in [3.8, 4) is 5.75 Å². The van der Waals surface area contributed by atoms with Crippen LogP contribution in [0, 0.1) is 23.7 Å². The number of ether oxygens (including phenoxy) is 1. The molecule has 2 aliphatic heterocycles. The van der Waals surface area contributed by atoms with E-state index < -0.39 is 0 Å². The fourth-order valence-electron chi connectivity index (χ4n) is 6.04. The van der Waals surface area contributed by atoms with Gasteiger partial charge in [0.15, 0.2) is 0 Å². The largest absolute Gasteiger partial charge is 0.497 e. The quantitative estimate of drug-likeness (QED) is 0.520. The van der Waals surface area contributed by atoms with E-state index in [-0.39, 0.29) is 47.4 Å². The molecular weight excluding hydrogens is 430 g/mol. The number of nitrogens with zero attached hydrogens (tertiary/aromatic N) is 3. The SMILES string of the molecule is COc1cccc(C2CC(c3ccc(N4C(=O)[C@@H]5[C@H](C4=O)[C@@H]4C=C[C@H]5C4)cc3)=NN2C(C)=O)c1. The lowest BCUT2D eigenvalue weighted by molar-refractivity contribution is -0.130.